The highest BCUT2D eigenvalue weighted by Crippen LogP contribution is 2.19. The molecular weight excluding hydrogens is 246 g/mol. The zero-order chi connectivity index (χ0) is 13.7. The summed E-state index contributed by atoms with van der Waals surface area (Å²) in [4.78, 5) is 11.7. The first-order valence-corrected chi connectivity index (χ1v) is 6.73. The van der Waals surface area contributed by atoms with E-state index in [0.717, 1.165) is 31.2 Å². The van der Waals surface area contributed by atoms with E-state index in [1.54, 1.807) is 6.92 Å². The van der Waals surface area contributed by atoms with Crippen LogP contribution in [0.3, 0.4) is 0 Å². The summed E-state index contributed by atoms with van der Waals surface area (Å²) in [7, 11) is 0. The van der Waals surface area contributed by atoms with Crippen molar-refractivity contribution >= 4 is 5.91 Å². The first kappa shape index (κ1) is 14.0. The number of nitrogens with two attached hydrogens (primary N) is 1. The number of aromatic nitrogens is 1. The molecule has 2 rings (SSSR count). The number of ether oxygens (including phenoxy) is 1. The third kappa shape index (κ3) is 4.04. The molecule has 106 valence electrons. The van der Waals surface area contributed by atoms with E-state index >= 15 is 0 Å². The van der Waals surface area contributed by atoms with E-state index in [2.05, 4.69) is 10.5 Å². The fourth-order valence-corrected chi connectivity index (χ4v) is 2.23. The van der Waals surface area contributed by atoms with Crippen molar-refractivity contribution in [3.63, 3.8) is 0 Å². The lowest BCUT2D eigenvalue weighted by molar-refractivity contribution is 0.0266. The molecular formula is C13H21N3O3. The summed E-state index contributed by atoms with van der Waals surface area (Å²) in [6, 6.07) is 0.328. The first-order valence-electron chi connectivity index (χ1n) is 6.73. The summed E-state index contributed by atoms with van der Waals surface area (Å²) in [6.07, 6.45) is 5.87. The van der Waals surface area contributed by atoms with Crippen LogP contribution in [0.4, 0.5) is 0 Å². The summed E-state index contributed by atoms with van der Waals surface area (Å²) in [5.41, 5.74) is 6.57. The number of carbonyl (C=O) groups excluding carboxylic acids is 1. The highest BCUT2D eigenvalue weighted by molar-refractivity contribution is 5.92. The van der Waals surface area contributed by atoms with Crippen LogP contribution in [0.25, 0.3) is 0 Å². The highest BCUT2D eigenvalue weighted by atomic mass is 16.5. The molecule has 6 heteroatoms. The van der Waals surface area contributed by atoms with Crippen LogP contribution in [0.5, 0.6) is 0 Å². The molecule has 0 aliphatic heterocycles. The average Bonchev–Trinajstić information content (AvgIpc) is 2.83. The van der Waals surface area contributed by atoms with Gasteiger partial charge in [-0.05, 0) is 32.6 Å². The smallest absolute Gasteiger partial charge is 0.290 e. The molecule has 0 atom stereocenters. The molecule has 6 nitrogen and oxygen atoms in total. The van der Waals surface area contributed by atoms with Crippen LogP contribution >= 0.6 is 0 Å². The maximum absolute atomic E-state index is 11.7. The highest BCUT2D eigenvalue weighted by Gasteiger charge is 2.19. The number of aryl methyl sites for hydroxylation is 1. The topological polar surface area (TPSA) is 90.4 Å². The van der Waals surface area contributed by atoms with Crippen LogP contribution < -0.4 is 11.1 Å². The van der Waals surface area contributed by atoms with Crippen molar-refractivity contribution in [3.05, 3.63) is 17.5 Å². The molecule has 0 saturated heterocycles. The zero-order valence-electron chi connectivity index (χ0n) is 11.2. The van der Waals surface area contributed by atoms with Crippen molar-refractivity contribution in [2.45, 2.75) is 44.8 Å². The van der Waals surface area contributed by atoms with Crippen LogP contribution in [0.2, 0.25) is 0 Å². The van der Waals surface area contributed by atoms with E-state index in [9.17, 15) is 4.79 Å². The quantitative estimate of drug-likeness (QED) is 0.777. The Balaban J connectivity index is 1.62. The number of nitrogens with one attached hydrogen (secondary N) is 1. The van der Waals surface area contributed by atoms with Gasteiger partial charge in [-0.1, -0.05) is 5.16 Å². The van der Waals surface area contributed by atoms with Gasteiger partial charge in [0, 0.05) is 18.2 Å². The molecule has 1 fully saturated rings. The van der Waals surface area contributed by atoms with E-state index in [1.165, 1.54) is 6.20 Å². The largest absolute Gasteiger partial charge is 0.376 e. The minimum atomic E-state index is -0.246. The predicted octanol–water partition coefficient (Wildman–Crippen LogP) is 0.999. The second kappa shape index (κ2) is 6.68. The van der Waals surface area contributed by atoms with Crippen molar-refractivity contribution in [3.8, 4) is 0 Å². The average molecular weight is 267 g/mol. The van der Waals surface area contributed by atoms with E-state index < -0.39 is 0 Å². The molecule has 1 heterocycles. The van der Waals surface area contributed by atoms with Gasteiger partial charge in [0.1, 0.15) is 0 Å². The minimum absolute atomic E-state index is 0.246. The van der Waals surface area contributed by atoms with Crippen LogP contribution in [0, 0.1) is 6.92 Å². The molecule has 1 aliphatic rings. The van der Waals surface area contributed by atoms with Crippen LogP contribution in [-0.2, 0) is 4.74 Å². The second-order valence-electron chi connectivity index (χ2n) is 5.00. The molecule has 0 radical (unpaired) electrons. The van der Waals surface area contributed by atoms with Crippen molar-refractivity contribution in [2.24, 2.45) is 5.73 Å². The van der Waals surface area contributed by atoms with Crippen molar-refractivity contribution < 1.29 is 14.1 Å². The third-order valence-corrected chi connectivity index (χ3v) is 3.41. The molecule has 0 bridgehead atoms. The van der Waals surface area contributed by atoms with Gasteiger partial charge in [0.05, 0.1) is 18.9 Å². The zero-order valence-corrected chi connectivity index (χ0v) is 11.2. The Morgan fingerprint density at radius 2 is 2.26 bits per heavy atom. The monoisotopic (exact) mass is 267 g/mol. The lowest BCUT2D eigenvalue weighted by Crippen LogP contribution is -2.33. The Hall–Kier alpha value is -1.40. The normalized spacial score (nSPS) is 23.3. The van der Waals surface area contributed by atoms with E-state index in [-0.39, 0.29) is 17.8 Å². The number of nitrogens with zero attached hydrogens (tertiary/aromatic N) is 1. The van der Waals surface area contributed by atoms with Crippen molar-refractivity contribution in [1.29, 1.82) is 0 Å². The first-order chi connectivity index (χ1) is 9.16. The van der Waals surface area contributed by atoms with E-state index in [4.69, 9.17) is 15.0 Å². The SMILES string of the molecule is Cc1cnoc1C(=O)NCCOC1CCC(N)CC1. The number of rotatable bonds is 5. The summed E-state index contributed by atoms with van der Waals surface area (Å²) in [6.45, 7) is 2.77. The molecule has 0 aromatic carbocycles. The summed E-state index contributed by atoms with van der Waals surface area (Å²) >= 11 is 0. The molecule has 1 aromatic rings. The Morgan fingerprint density at radius 1 is 1.53 bits per heavy atom. The molecule has 1 saturated carbocycles. The van der Waals surface area contributed by atoms with Gasteiger partial charge in [0.15, 0.2) is 0 Å². The van der Waals surface area contributed by atoms with Gasteiger partial charge in [0.25, 0.3) is 5.91 Å². The van der Waals surface area contributed by atoms with Gasteiger partial charge in [-0.3, -0.25) is 4.79 Å². The fraction of sp³-hybridized carbons (Fsp3) is 0.692. The number of amides is 1. The van der Waals surface area contributed by atoms with E-state index in [1.807, 2.05) is 0 Å². The maximum atomic E-state index is 11.7. The third-order valence-electron chi connectivity index (χ3n) is 3.41. The lowest BCUT2D eigenvalue weighted by atomic mass is 9.94. The van der Waals surface area contributed by atoms with Gasteiger partial charge in [-0.15, -0.1) is 0 Å². The van der Waals surface area contributed by atoms with E-state index in [0.29, 0.717) is 19.2 Å². The molecule has 0 spiro atoms. The van der Waals surface area contributed by atoms with Gasteiger partial charge in [0.2, 0.25) is 5.76 Å². The Kier molecular flexibility index (Phi) is 4.93. The van der Waals surface area contributed by atoms with Gasteiger partial charge in [-0.2, -0.15) is 0 Å². The Morgan fingerprint density at radius 3 is 2.89 bits per heavy atom. The summed E-state index contributed by atoms with van der Waals surface area (Å²) in [5.74, 6) is 0.0212. The van der Waals surface area contributed by atoms with Gasteiger partial charge in [-0.25, -0.2) is 0 Å². The Labute approximate surface area is 112 Å². The second-order valence-corrected chi connectivity index (χ2v) is 5.00. The molecule has 3 N–H and O–H groups in total. The fourth-order valence-electron chi connectivity index (χ4n) is 2.23. The van der Waals surface area contributed by atoms with Crippen LogP contribution in [0.1, 0.15) is 41.8 Å². The van der Waals surface area contributed by atoms with Crippen molar-refractivity contribution in [1.82, 2.24) is 10.5 Å². The van der Waals surface area contributed by atoms with Gasteiger partial charge < -0.3 is 20.3 Å². The number of hydrogen-bond donors (Lipinski definition) is 2. The molecule has 1 amide bonds. The lowest BCUT2D eigenvalue weighted by Gasteiger charge is -2.26. The minimum Gasteiger partial charge on any atom is -0.376 e. The van der Waals surface area contributed by atoms with Crippen LogP contribution in [0.15, 0.2) is 10.7 Å². The molecule has 19 heavy (non-hydrogen) atoms. The predicted molar refractivity (Wildman–Crippen MR) is 69.8 cm³/mol. The van der Waals surface area contributed by atoms with Crippen molar-refractivity contribution in [2.75, 3.05) is 13.2 Å². The summed E-state index contributed by atoms with van der Waals surface area (Å²) < 4.78 is 10.6. The maximum Gasteiger partial charge on any atom is 0.290 e. The molecule has 0 unspecified atom stereocenters. The molecule has 1 aliphatic carbocycles. The molecule has 1 aromatic heterocycles. The number of hydrogen-bond acceptors (Lipinski definition) is 5. The standard InChI is InChI=1S/C13H21N3O3/c1-9-8-16-19-12(9)13(17)15-6-7-18-11-4-2-10(14)3-5-11/h8,10-11H,2-7,14H2,1H3,(H,15,17). The van der Waals surface area contributed by atoms with Gasteiger partial charge >= 0.3 is 0 Å². The Bertz CT molecular complexity index is 411. The number of carbonyl (C=O) groups is 1. The summed E-state index contributed by atoms with van der Waals surface area (Å²) in [5, 5.41) is 6.32. The van der Waals surface area contributed by atoms with Crippen LogP contribution in [-0.4, -0.2) is 36.4 Å².